The second-order valence-corrected chi connectivity index (χ2v) is 6.54. The van der Waals surface area contributed by atoms with Gasteiger partial charge in [-0.25, -0.2) is 4.39 Å². The third-order valence-corrected chi connectivity index (χ3v) is 5.13. The summed E-state index contributed by atoms with van der Waals surface area (Å²) in [6.07, 6.45) is 0. The van der Waals surface area contributed by atoms with E-state index in [-0.39, 0.29) is 28.8 Å². The smallest absolute Gasteiger partial charge is 0.314 e. The Balaban J connectivity index is 3.28. The second kappa shape index (κ2) is 7.02. The highest BCUT2D eigenvalue weighted by Gasteiger charge is 2.37. The van der Waals surface area contributed by atoms with Gasteiger partial charge in [0.15, 0.2) is 0 Å². The van der Waals surface area contributed by atoms with Crippen molar-refractivity contribution in [2.75, 3.05) is 13.2 Å². The van der Waals surface area contributed by atoms with Crippen molar-refractivity contribution in [2.24, 2.45) is 5.73 Å². The molecule has 108 valence electrons. The van der Waals surface area contributed by atoms with Crippen LogP contribution in [0.5, 0.6) is 0 Å². The molecule has 1 rings (SSSR count). The fourth-order valence-electron chi connectivity index (χ4n) is 1.53. The van der Waals surface area contributed by atoms with E-state index in [1.54, 1.807) is 13.8 Å². The average Bonchev–Trinajstić information content (AvgIpc) is 2.35. The molecule has 0 aromatic heterocycles. The first-order chi connectivity index (χ1) is 8.87. The molecule has 8 heteroatoms. The SMILES string of the molecule is CCOP(=O)(OCC)[C@@H](N)c1c(Cl)ccc(Cl)c1F. The van der Waals surface area contributed by atoms with Gasteiger partial charge >= 0.3 is 7.60 Å². The molecule has 1 aromatic rings. The highest BCUT2D eigenvalue weighted by atomic mass is 35.5. The Bertz CT molecular complexity index is 491. The van der Waals surface area contributed by atoms with Gasteiger partial charge in [0.25, 0.3) is 0 Å². The largest absolute Gasteiger partial charge is 0.351 e. The lowest BCUT2D eigenvalue weighted by molar-refractivity contribution is 0.212. The van der Waals surface area contributed by atoms with Crippen LogP contribution < -0.4 is 5.73 Å². The van der Waals surface area contributed by atoms with Crippen molar-refractivity contribution in [1.29, 1.82) is 0 Å². The number of hydrogen-bond donors (Lipinski definition) is 1. The Labute approximate surface area is 121 Å². The van der Waals surface area contributed by atoms with Gasteiger partial charge in [0.1, 0.15) is 11.6 Å². The van der Waals surface area contributed by atoms with E-state index in [4.69, 9.17) is 38.0 Å². The van der Waals surface area contributed by atoms with Crippen LogP contribution in [-0.4, -0.2) is 13.2 Å². The van der Waals surface area contributed by atoms with Crippen LogP contribution in [0.25, 0.3) is 0 Å². The molecule has 1 aromatic carbocycles. The third kappa shape index (κ3) is 3.69. The first kappa shape index (κ1) is 16.9. The van der Waals surface area contributed by atoms with Crippen LogP contribution in [0.2, 0.25) is 10.0 Å². The molecule has 4 nitrogen and oxygen atoms in total. The summed E-state index contributed by atoms with van der Waals surface area (Å²) >= 11 is 11.6. The van der Waals surface area contributed by atoms with E-state index in [9.17, 15) is 8.96 Å². The summed E-state index contributed by atoms with van der Waals surface area (Å²) in [5, 5.41) is -0.136. The Morgan fingerprint density at radius 3 is 2.21 bits per heavy atom. The van der Waals surface area contributed by atoms with E-state index < -0.39 is 19.2 Å². The molecule has 0 bridgehead atoms. The molecule has 0 heterocycles. The fraction of sp³-hybridized carbons (Fsp3) is 0.455. The highest BCUT2D eigenvalue weighted by molar-refractivity contribution is 7.54. The quantitative estimate of drug-likeness (QED) is 0.622. The maximum Gasteiger partial charge on any atom is 0.351 e. The van der Waals surface area contributed by atoms with Crippen molar-refractivity contribution < 1.29 is 18.0 Å². The van der Waals surface area contributed by atoms with E-state index in [1.807, 2.05) is 0 Å². The van der Waals surface area contributed by atoms with Crippen LogP contribution in [0.3, 0.4) is 0 Å². The minimum Gasteiger partial charge on any atom is -0.314 e. The average molecular weight is 330 g/mol. The molecule has 2 N–H and O–H groups in total. The van der Waals surface area contributed by atoms with Crippen LogP contribution in [0.15, 0.2) is 12.1 Å². The Kier molecular flexibility index (Phi) is 6.24. The predicted octanol–water partition coefficient (Wildman–Crippen LogP) is 4.36. The van der Waals surface area contributed by atoms with Crippen molar-refractivity contribution >= 4 is 30.8 Å². The molecule has 0 spiro atoms. The third-order valence-electron chi connectivity index (χ3n) is 2.33. The van der Waals surface area contributed by atoms with Crippen LogP contribution in [0, 0.1) is 5.82 Å². The topological polar surface area (TPSA) is 61.5 Å². The van der Waals surface area contributed by atoms with Gasteiger partial charge in [0.2, 0.25) is 0 Å². The molecule has 0 fully saturated rings. The van der Waals surface area contributed by atoms with Gasteiger partial charge in [-0.3, -0.25) is 4.57 Å². The first-order valence-corrected chi connectivity index (χ1v) is 8.01. The molecule has 0 aliphatic rings. The van der Waals surface area contributed by atoms with Gasteiger partial charge in [-0.15, -0.1) is 0 Å². The van der Waals surface area contributed by atoms with E-state index in [0.717, 1.165) is 0 Å². The molecular weight excluding hydrogens is 315 g/mol. The van der Waals surface area contributed by atoms with Crippen molar-refractivity contribution in [3.63, 3.8) is 0 Å². The van der Waals surface area contributed by atoms with Gasteiger partial charge in [0, 0.05) is 10.6 Å². The Morgan fingerprint density at radius 1 is 1.26 bits per heavy atom. The van der Waals surface area contributed by atoms with Crippen molar-refractivity contribution in [2.45, 2.75) is 19.6 Å². The van der Waals surface area contributed by atoms with E-state index >= 15 is 0 Å². The minimum atomic E-state index is -3.71. The second-order valence-electron chi connectivity index (χ2n) is 3.58. The molecule has 0 saturated heterocycles. The van der Waals surface area contributed by atoms with Crippen LogP contribution >= 0.6 is 30.8 Å². The maximum absolute atomic E-state index is 14.0. The molecule has 1 atom stereocenters. The number of rotatable bonds is 6. The molecule has 0 amide bonds. The molecule has 0 aliphatic heterocycles. The Morgan fingerprint density at radius 2 is 1.74 bits per heavy atom. The minimum absolute atomic E-state index is 0.0223. The van der Waals surface area contributed by atoms with Crippen molar-refractivity contribution in [1.82, 2.24) is 0 Å². The van der Waals surface area contributed by atoms with Gasteiger partial charge in [-0.1, -0.05) is 23.2 Å². The van der Waals surface area contributed by atoms with Crippen molar-refractivity contribution in [3.8, 4) is 0 Å². The fourth-order valence-corrected chi connectivity index (χ4v) is 3.72. The van der Waals surface area contributed by atoms with E-state index in [2.05, 4.69) is 0 Å². The highest BCUT2D eigenvalue weighted by Crippen LogP contribution is 2.59. The van der Waals surface area contributed by atoms with Gasteiger partial charge in [0.05, 0.1) is 18.2 Å². The zero-order chi connectivity index (χ0) is 14.6. The molecule has 19 heavy (non-hydrogen) atoms. The summed E-state index contributed by atoms with van der Waals surface area (Å²) < 4.78 is 36.6. The number of halogens is 3. The monoisotopic (exact) mass is 329 g/mol. The van der Waals surface area contributed by atoms with Crippen LogP contribution in [-0.2, 0) is 13.6 Å². The van der Waals surface area contributed by atoms with E-state index in [1.165, 1.54) is 12.1 Å². The molecule has 0 radical (unpaired) electrons. The number of nitrogens with two attached hydrogens (primary N) is 1. The lowest BCUT2D eigenvalue weighted by atomic mass is 10.2. The molecule has 0 aliphatic carbocycles. The molecular formula is C11H15Cl2FNO3P. The summed E-state index contributed by atoms with van der Waals surface area (Å²) in [5.41, 5.74) is 5.65. The van der Waals surface area contributed by atoms with Crippen LogP contribution in [0.4, 0.5) is 4.39 Å². The summed E-state index contributed by atoms with van der Waals surface area (Å²) in [6, 6.07) is 2.67. The normalized spacial score (nSPS) is 13.6. The summed E-state index contributed by atoms with van der Waals surface area (Å²) in [5.74, 6) is -2.15. The maximum atomic E-state index is 14.0. The predicted molar refractivity (Wildman–Crippen MR) is 74.2 cm³/mol. The lowest BCUT2D eigenvalue weighted by Crippen LogP contribution is -2.17. The lowest BCUT2D eigenvalue weighted by Gasteiger charge is -2.24. The molecule has 0 unspecified atom stereocenters. The zero-order valence-electron chi connectivity index (χ0n) is 10.5. The number of hydrogen-bond acceptors (Lipinski definition) is 4. The van der Waals surface area contributed by atoms with Crippen molar-refractivity contribution in [3.05, 3.63) is 33.6 Å². The van der Waals surface area contributed by atoms with Gasteiger partial charge in [-0.2, -0.15) is 0 Å². The zero-order valence-corrected chi connectivity index (χ0v) is 12.9. The summed E-state index contributed by atoms with van der Waals surface area (Å²) in [7, 11) is -3.71. The number of benzene rings is 1. The summed E-state index contributed by atoms with van der Waals surface area (Å²) in [6.45, 7) is 3.50. The van der Waals surface area contributed by atoms with Crippen LogP contribution in [0.1, 0.15) is 25.2 Å². The summed E-state index contributed by atoms with van der Waals surface area (Å²) in [4.78, 5) is 0. The first-order valence-electron chi connectivity index (χ1n) is 5.65. The van der Waals surface area contributed by atoms with E-state index in [0.29, 0.717) is 0 Å². The Hall–Kier alpha value is -0.160. The van der Waals surface area contributed by atoms with Gasteiger partial charge in [-0.05, 0) is 26.0 Å². The molecule has 0 saturated carbocycles. The van der Waals surface area contributed by atoms with Gasteiger partial charge < -0.3 is 14.8 Å². The standard InChI is InChI=1S/C11H15Cl2FNO3P/c1-3-17-19(16,18-4-2)11(15)9-7(12)5-6-8(13)10(9)14/h5-6,11H,3-4,15H2,1-2H3/t11-/m1/s1.